The van der Waals surface area contributed by atoms with Gasteiger partial charge in [-0.25, -0.2) is 0 Å². The van der Waals surface area contributed by atoms with Crippen molar-refractivity contribution in [3.8, 4) is 11.5 Å². The molecular weight excluding hydrogens is 376 g/mol. The Morgan fingerprint density at radius 1 is 1.03 bits per heavy atom. The maximum Gasteiger partial charge on any atom is 0.326 e. The summed E-state index contributed by atoms with van der Waals surface area (Å²) in [7, 11) is 2.99. The van der Waals surface area contributed by atoms with Gasteiger partial charge >= 0.3 is 5.97 Å². The van der Waals surface area contributed by atoms with Gasteiger partial charge in [-0.15, -0.1) is 0 Å². The zero-order valence-corrected chi connectivity index (χ0v) is 16.1. The van der Waals surface area contributed by atoms with Gasteiger partial charge in [-0.05, 0) is 18.2 Å². The standard InChI is InChI=1S/C21H20N2O6/c1-13-15-6-4-5-7-16(15)21(26)23(13)11-20(25)29-12-19(24)22-14-8-9-17(27-2)18(10-14)28-3/h4-10H,1,11-12H2,2-3H3,(H,22,24). The normalized spacial score (nSPS) is 12.4. The van der Waals surface area contributed by atoms with Gasteiger partial charge in [-0.1, -0.05) is 24.8 Å². The number of esters is 1. The van der Waals surface area contributed by atoms with Crippen molar-refractivity contribution in [2.24, 2.45) is 0 Å². The summed E-state index contributed by atoms with van der Waals surface area (Å²) in [6, 6.07) is 11.8. The number of anilines is 1. The molecule has 0 saturated carbocycles. The molecule has 2 amide bonds. The maximum atomic E-state index is 12.4. The molecule has 0 aromatic heterocycles. The number of fused-ring (bicyclic) bond motifs is 1. The van der Waals surface area contributed by atoms with Crippen LogP contribution in [0.5, 0.6) is 11.5 Å². The van der Waals surface area contributed by atoms with Crippen molar-refractivity contribution in [1.82, 2.24) is 4.90 Å². The molecule has 29 heavy (non-hydrogen) atoms. The first kappa shape index (κ1) is 19.9. The summed E-state index contributed by atoms with van der Waals surface area (Å²) in [5.74, 6) is -0.589. The molecule has 1 heterocycles. The van der Waals surface area contributed by atoms with Crippen molar-refractivity contribution in [2.75, 3.05) is 32.7 Å². The number of nitrogens with zero attached hydrogens (tertiary/aromatic N) is 1. The molecule has 0 saturated heterocycles. The molecule has 3 rings (SSSR count). The minimum Gasteiger partial charge on any atom is -0.493 e. The Hall–Kier alpha value is -3.81. The molecule has 2 aromatic rings. The first-order chi connectivity index (χ1) is 13.9. The quantitative estimate of drug-likeness (QED) is 0.722. The summed E-state index contributed by atoms with van der Waals surface area (Å²) in [5, 5.41) is 2.60. The number of ether oxygens (including phenoxy) is 3. The number of rotatable bonds is 7. The van der Waals surface area contributed by atoms with Crippen LogP contribution in [0.3, 0.4) is 0 Å². The summed E-state index contributed by atoms with van der Waals surface area (Å²) in [6.07, 6.45) is 0. The zero-order valence-electron chi connectivity index (χ0n) is 16.1. The highest BCUT2D eigenvalue weighted by Gasteiger charge is 2.32. The number of carbonyl (C=O) groups excluding carboxylic acids is 3. The first-order valence-corrected chi connectivity index (χ1v) is 8.72. The Morgan fingerprint density at radius 2 is 1.72 bits per heavy atom. The predicted molar refractivity (Wildman–Crippen MR) is 106 cm³/mol. The summed E-state index contributed by atoms with van der Waals surface area (Å²) < 4.78 is 15.3. The molecule has 150 valence electrons. The van der Waals surface area contributed by atoms with Gasteiger partial charge < -0.3 is 19.5 Å². The number of hydrogen-bond acceptors (Lipinski definition) is 6. The van der Waals surface area contributed by atoms with Crippen LogP contribution in [-0.2, 0) is 14.3 Å². The molecule has 8 nitrogen and oxygen atoms in total. The average Bonchev–Trinajstić information content (AvgIpc) is 2.97. The molecule has 0 aliphatic carbocycles. The molecule has 8 heteroatoms. The summed E-state index contributed by atoms with van der Waals surface area (Å²) >= 11 is 0. The maximum absolute atomic E-state index is 12.4. The van der Waals surface area contributed by atoms with Crippen LogP contribution in [0.25, 0.3) is 5.70 Å². The number of hydrogen-bond donors (Lipinski definition) is 1. The van der Waals surface area contributed by atoms with Crippen LogP contribution in [-0.4, -0.2) is 50.1 Å². The third-order valence-electron chi connectivity index (χ3n) is 4.36. The van der Waals surface area contributed by atoms with Gasteiger partial charge in [0.15, 0.2) is 18.1 Å². The smallest absolute Gasteiger partial charge is 0.326 e. The highest BCUT2D eigenvalue weighted by molar-refractivity contribution is 6.10. The van der Waals surface area contributed by atoms with Crippen LogP contribution < -0.4 is 14.8 Å². The van der Waals surface area contributed by atoms with E-state index >= 15 is 0 Å². The van der Waals surface area contributed by atoms with E-state index < -0.39 is 18.5 Å². The first-order valence-electron chi connectivity index (χ1n) is 8.72. The van der Waals surface area contributed by atoms with E-state index in [1.807, 2.05) is 0 Å². The van der Waals surface area contributed by atoms with E-state index in [9.17, 15) is 14.4 Å². The number of carbonyl (C=O) groups is 3. The molecule has 0 unspecified atom stereocenters. The lowest BCUT2D eigenvalue weighted by Gasteiger charge is -2.16. The molecule has 0 fully saturated rings. The van der Waals surface area contributed by atoms with Crippen LogP contribution in [0.2, 0.25) is 0 Å². The summed E-state index contributed by atoms with van der Waals surface area (Å²) in [4.78, 5) is 37.8. The van der Waals surface area contributed by atoms with Crippen molar-refractivity contribution in [3.63, 3.8) is 0 Å². The third kappa shape index (κ3) is 4.21. The minimum absolute atomic E-state index is 0.322. The number of nitrogens with one attached hydrogen (secondary N) is 1. The Kier molecular flexibility index (Phi) is 5.82. The van der Waals surface area contributed by atoms with Crippen molar-refractivity contribution >= 4 is 29.2 Å². The second kappa shape index (κ2) is 8.47. The van der Waals surface area contributed by atoms with Gasteiger partial charge in [0.2, 0.25) is 0 Å². The van der Waals surface area contributed by atoms with Crippen LogP contribution in [0.4, 0.5) is 5.69 Å². The van der Waals surface area contributed by atoms with Gasteiger partial charge in [-0.3, -0.25) is 19.3 Å². The fraction of sp³-hybridized carbons (Fsp3) is 0.190. The number of benzene rings is 2. The van der Waals surface area contributed by atoms with Crippen LogP contribution in [0.1, 0.15) is 15.9 Å². The molecule has 2 aromatic carbocycles. The molecule has 1 aliphatic heterocycles. The number of amides is 2. The van der Waals surface area contributed by atoms with Gasteiger partial charge in [0.1, 0.15) is 6.54 Å². The number of methoxy groups -OCH3 is 2. The van der Waals surface area contributed by atoms with E-state index in [0.29, 0.717) is 34.0 Å². The van der Waals surface area contributed by atoms with Gasteiger partial charge in [-0.2, -0.15) is 0 Å². The van der Waals surface area contributed by atoms with Gasteiger partial charge in [0.25, 0.3) is 11.8 Å². The Bertz CT molecular complexity index is 950. The Balaban J connectivity index is 1.53. The van der Waals surface area contributed by atoms with E-state index in [1.54, 1.807) is 42.5 Å². The van der Waals surface area contributed by atoms with Gasteiger partial charge in [0.05, 0.1) is 14.2 Å². The molecule has 0 spiro atoms. The minimum atomic E-state index is -0.713. The lowest BCUT2D eigenvalue weighted by molar-refractivity contribution is -0.147. The second-order valence-corrected chi connectivity index (χ2v) is 6.16. The highest BCUT2D eigenvalue weighted by Crippen LogP contribution is 2.31. The Labute approximate surface area is 167 Å². The van der Waals surface area contributed by atoms with Crippen LogP contribution >= 0.6 is 0 Å². The van der Waals surface area contributed by atoms with E-state index in [4.69, 9.17) is 14.2 Å². The van der Waals surface area contributed by atoms with Crippen molar-refractivity contribution in [1.29, 1.82) is 0 Å². The van der Waals surface area contributed by atoms with E-state index in [2.05, 4.69) is 11.9 Å². The average molecular weight is 396 g/mol. The van der Waals surface area contributed by atoms with Crippen LogP contribution in [0, 0.1) is 0 Å². The van der Waals surface area contributed by atoms with E-state index in [0.717, 1.165) is 0 Å². The van der Waals surface area contributed by atoms with E-state index in [-0.39, 0.29) is 12.5 Å². The lowest BCUT2D eigenvalue weighted by atomic mass is 10.1. The summed E-state index contributed by atoms with van der Waals surface area (Å²) in [5.41, 5.74) is 2.05. The van der Waals surface area contributed by atoms with Crippen molar-refractivity contribution in [3.05, 3.63) is 60.2 Å². The van der Waals surface area contributed by atoms with Crippen LogP contribution in [0.15, 0.2) is 49.0 Å². The Morgan fingerprint density at radius 3 is 2.38 bits per heavy atom. The molecule has 0 radical (unpaired) electrons. The molecule has 1 aliphatic rings. The summed E-state index contributed by atoms with van der Waals surface area (Å²) in [6.45, 7) is 3.04. The van der Waals surface area contributed by atoms with Crippen molar-refractivity contribution in [2.45, 2.75) is 0 Å². The van der Waals surface area contributed by atoms with Crippen molar-refractivity contribution < 1.29 is 28.6 Å². The fourth-order valence-electron chi connectivity index (χ4n) is 2.93. The molecule has 0 bridgehead atoms. The predicted octanol–water partition coefficient (Wildman–Crippen LogP) is 2.31. The monoisotopic (exact) mass is 396 g/mol. The molecule has 1 N–H and O–H groups in total. The molecule has 0 atom stereocenters. The molecular formula is C21H20N2O6. The SMILES string of the molecule is C=C1c2ccccc2C(=O)N1CC(=O)OCC(=O)Nc1ccc(OC)c(OC)c1. The third-order valence-corrected chi connectivity index (χ3v) is 4.36. The lowest BCUT2D eigenvalue weighted by Crippen LogP contribution is -2.32. The zero-order chi connectivity index (χ0) is 21.0. The largest absolute Gasteiger partial charge is 0.493 e. The fourth-order valence-corrected chi connectivity index (χ4v) is 2.93. The van der Waals surface area contributed by atoms with Gasteiger partial charge in [0, 0.05) is 28.6 Å². The highest BCUT2D eigenvalue weighted by atomic mass is 16.5. The topological polar surface area (TPSA) is 94.2 Å². The second-order valence-electron chi connectivity index (χ2n) is 6.16. The van der Waals surface area contributed by atoms with E-state index in [1.165, 1.54) is 19.1 Å².